The molecule has 0 spiro atoms. The molecule has 0 radical (unpaired) electrons. The topological polar surface area (TPSA) is 12.0 Å². The van der Waals surface area contributed by atoms with Gasteiger partial charge in [0, 0.05) is 23.2 Å². The van der Waals surface area contributed by atoms with Gasteiger partial charge in [-0.25, -0.2) is 0 Å². The van der Waals surface area contributed by atoms with Gasteiger partial charge in [0.25, 0.3) is 0 Å². The molecule has 2 rings (SSSR count). The third-order valence-corrected chi connectivity index (χ3v) is 5.86. The molecule has 20 heavy (non-hydrogen) atoms. The van der Waals surface area contributed by atoms with Crippen LogP contribution < -0.4 is 5.32 Å². The van der Waals surface area contributed by atoms with E-state index in [4.69, 9.17) is 0 Å². The Bertz CT molecular complexity index is 575. The maximum absolute atomic E-state index is 3.69. The first kappa shape index (κ1) is 16.7. The van der Waals surface area contributed by atoms with E-state index < -0.39 is 0 Å². The van der Waals surface area contributed by atoms with E-state index in [1.807, 2.05) is 11.3 Å². The molecule has 0 saturated carbocycles. The second-order valence-corrected chi connectivity index (χ2v) is 8.63. The molecule has 108 valence electrons. The lowest BCUT2D eigenvalue weighted by Crippen LogP contribution is -2.22. The lowest BCUT2D eigenvalue weighted by atomic mass is 10.1. The Morgan fingerprint density at radius 2 is 1.75 bits per heavy atom. The Labute approximate surface area is 149 Å². The molecule has 1 atom stereocenters. The Morgan fingerprint density at radius 3 is 2.25 bits per heavy atom. The average Bonchev–Trinajstić information content (AvgIpc) is 2.68. The summed E-state index contributed by atoms with van der Waals surface area (Å²) in [6.07, 6.45) is 1.12. The van der Waals surface area contributed by atoms with Gasteiger partial charge in [-0.1, -0.05) is 38.8 Å². The van der Waals surface area contributed by atoms with Crippen LogP contribution in [0.3, 0.4) is 0 Å². The molecule has 1 N–H and O–H groups in total. The molecule has 0 fully saturated rings. The molecule has 0 amide bonds. The van der Waals surface area contributed by atoms with Crippen LogP contribution >= 0.6 is 59.1 Å². The Hall–Kier alpha value is 0.320. The highest BCUT2D eigenvalue weighted by Gasteiger charge is 2.19. The summed E-state index contributed by atoms with van der Waals surface area (Å²) < 4.78 is 3.37. The van der Waals surface area contributed by atoms with E-state index in [-0.39, 0.29) is 6.04 Å². The Kier molecular flexibility index (Phi) is 6.29. The maximum atomic E-state index is 3.69. The van der Waals surface area contributed by atoms with Gasteiger partial charge in [-0.05, 0) is 65.6 Å². The van der Waals surface area contributed by atoms with Crippen LogP contribution in [0.4, 0.5) is 0 Å². The normalized spacial score (nSPS) is 12.7. The zero-order valence-corrected chi connectivity index (χ0v) is 16.9. The summed E-state index contributed by atoms with van der Waals surface area (Å²) >= 11 is 12.7. The van der Waals surface area contributed by atoms with Crippen molar-refractivity contribution in [1.82, 2.24) is 5.32 Å². The van der Waals surface area contributed by atoms with Gasteiger partial charge in [-0.2, -0.15) is 0 Å². The van der Waals surface area contributed by atoms with Crippen molar-refractivity contribution in [2.24, 2.45) is 0 Å². The summed E-state index contributed by atoms with van der Waals surface area (Å²) in [7, 11) is 0. The summed E-state index contributed by atoms with van der Waals surface area (Å²) in [6.45, 7) is 5.33. The van der Waals surface area contributed by atoms with Gasteiger partial charge >= 0.3 is 0 Å². The highest BCUT2D eigenvalue weighted by atomic mass is 79.9. The molecule has 1 heterocycles. The van der Waals surface area contributed by atoms with E-state index in [1.54, 1.807) is 0 Å². The fourth-order valence-corrected chi connectivity index (χ4v) is 5.40. The SMILES string of the molecule is CCCNC(c1cc(Br)cc(Br)c1)c1sc(C)cc1Br. The zero-order valence-electron chi connectivity index (χ0n) is 11.3. The fourth-order valence-electron chi connectivity index (χ4n) is 2.09. The highest BCUT2D eigenvalue weighted by molar-refractivity contribution is 9.11. The quantitative estimate of drug-likeness (QED) is 0.518. The van der Waals surface area contributed by atoms with Gasteiger partial charge in [0.05, 0.1) is 6.04 Å². The second-order valence-electron chi connectivity index (χ2n) is 4.66. The molecule has 1 nitrogen and oxygen atoms in total. The standard InChI is InChI=1S/C15H16Br3NS/c1-3-4-19-14(15-13(18)5-9(2)20-15)10-6-11(16)8-12(17)7-10/h5-8,14,19H,3-4H2,1-2H3. The Morgan fingerprint density at radius 1 is 1.10 bits per heavy atom. The first-order valence-electron chi connectivity index (χ1n) is 6.46. The first-order valence-corrected chi connectivity index (χ1v) is 9.66. The van der Waals surface area contributed by atoms with E-state index >= 15 is 0 Å². The van der Waals surface area contributed by atoms with Crippen molar-refractivity contribution in [3.63, 3.8) is 0 Å². The minimum atomic E-state index is 0.219. The number of rotatable bonds is 5. The van der Waals surface area contributed by atoms with Crippen molar-refractivity contribution in [3.8, 4) is 0 Å². The van der Waals surface area contributed by atoms with E-state index in [2.05, 4.69) is 91.2 Å². The molecule has 5 heteroatoms. The van der Waals surface area contributed by atoms with Crippen molar-refractivity contribution in [3.05, 3.63) is 53.0 Å². The van der Waals surface area contributed by atoms with Crippen LogP contribution in [0.5, 0.6) is 0 Å². The van der Waals surface area contributed by atoms with Crippen molar-refractivity contribution >= 4 is 59.1 Å². The minimum Gasteiger partial charge on any atom is -0.306 e. The van der Waals surface area contributed by atoms with Crippen molar-refractivity contribution in [1.29, 1.82) is 0 Å². The number of hydrogen-bond acceptors (Lipinski definition) is 2. The van der Waals surface area contributed by atoms with Crippen LogP contribution in [-0.2, 0) is 0 Å². The predicted octanol–water partition coefficient (Wildman–Crippen LogP) is 6.43. The number of thiophene rings is 1. The van der Waals surface area contributed by atoms with Gasteiger partial charge in [-0.15, -0.1) is 11.3 Å². The van der Waals surface area contributed by atoms with Gasteiger partial charge in [0.2, 0.25) is 0 Å². The first-order chi connectivity index (χ1) is 9.51. The monoisotopic (exact) mass is 479 g/mol. The molecule has 0 aliphatic carbocycles. The lowest BCUT2D eigenvalue weighted by molar-refractivity contribution is 0.604. The molecular weight excluding hydrogens is 466 g/mol. The smallest absolute Gasteiger partial charge is 0.0683 e. The highest BCUT2D eigenvalue weighted by Crippen LogP contribution is 2.37. The zero-order chi connectivity index (χ0) is 14.7. The third kappa shape index (κ3) is 4.17. The summed E-state index contributed by atoms with van der Waals surface area (Å²) in [4.78, 5) is 2.66. The predicted molar refractivity (Wildman–Crippen MR) is 98.7 cm³/mol. The summed E-state index contributed by atoms with van der Waals surface area (Å²) in [5, 5.41) is 3.65. The minimum absolute atomic E-state index is 0.219. The molecule has 1 unspecified atom stereocenters. The molecule has 2 aromatic rings. The van der Waals surface area contributed by atoms with Gasteiger partial charge in [0.15, 0.2) is 0 Å². The number of halogens is 3. The van der Waals surface area contributed by atoms with E-state index in [0.29, 0.717) is 0 Å². The number of benzene rings is 1. The average molecular weight is 482 g/mol. The molecule has 0 bridgehead atoms. The van der Waals surface area contributed by atoms with Crippen LogP contribution in [-0.4, -0.2) is 6.54 Å². The van der Waals surface area contributed by atoms with Gasteiger partial charge in [-0.3, -0.25) is 0 Å². The van der Waals surface area contributed by atoms with E-state index in [1.165, 1.54) is 19.8 Å². The lowest BCUT2D eigenvalue weighted by Gasteiger charge is -2.19. The third-order valence-electron chi connectivity index (χ3n) is 2.92. The van der Waals surface area contributed by atoms with E-state index in [0.717, 1.165) is 21.9 Å². The summed E-state index contributed by atoms with van der Waals surface area (Å²) in [5.41, 5.74) is 1.27. The largest absolute Gasteiger partial charge is 0.306 e. The van der Waals surface area contributed by atoms with Crippen molar-refractivity contribution in [2.75, 3.05) is 6.54 Å². The van der Waals surface area contributed by atoms with Crippen molar-refractivity contribution < 1.29 is 0 Å². The summed E-state index contributed by atoms with van der Waals surface area (Å²) in [6, 6.07) is 8.83. The molecular formula is C15H16Br3NS. The number of hydrogen-bond donors (Lipinski definition) is 1. The number of aryl methyl sites for hydroxylation is 1. The molecule has 1 aromatic carbocycles. The van der Waals surface area contributed by atoms with Crippen LogP contribution in [0.15, 0.2) is 37.7 Å². The van der Waals surface area contributed by atoms with Crippen LogP contribution in [0.25, 0.3) is 0 Å². The molecule has 1 aromatic heterocycles. The van der Waals surface area contributed by atoms with Crippen LogP contribution in [0.2, 0.25) is 0 Å². The van der Waals surface area contributed by atoms with Crippen LogP contribution in [0.1, 0.15) is 34.7 Å². The van der Waals surface area contributed by atoms with Crippen LogP contribution in [0, 0.1) is 6.92 Å². The molecule has 0 aliphatic rings. The van der Waals surface area contributed by atoms with Crippen molar-refractivity contribution in [2.45, 2.75) is 26.3 Å². The fraction of sp³-hybridized carbons (Fsp3) is 0.333. The van der Waals surface area contributed by atoms with Gasteiger partial charge in [0.1, 0.15) is 0 Å². The molecule has 0 saturated heterocycles. The van der Waals surface area contributed by atoms with E-state index in [9.17, 15) is 0 Å². The summed E-state index contributed by atoms with van der Waals surface area (Å²) in [5.74, 6) is 0. The Balaban J connectivity index is 2.43. The number of nitrogens with one attached hydrogen (secondary N) is 1. The maximum Gasteiger partial charge on any atom is 0.0683 e. The molecule has 0 aliphatic heterocycles. The van der Waals surface area contributed by atoms with Gasteiger partial charge < -0.3 is 5.32 Å². The second kappa shape index (κ2) is 7.54.